The fourth-order valence-electron chi connectivity index (χ4n) is 3.16. The Labute approximate surface area is 127 Å². The summed E-state index contributed by atoms with van der Waals surface area (Å²) in [7, 11) is 4.91. The van der Waals surface area contributed by atoms with Gasteiger partial charge in [0.05, 0.1) is 21.3 Å². The molecule has 0 bridgehead atoms. The topological polar surface area (TPSA) is 39.7 Å². The summed E-state index contributed by atoms with van der Waals surface area (Å²) < 4.78 is 16.2. The predicted octanol–water partition coefficient (Wildman–Crippen LogP) is 3.95. The molecule has 21 heavy (non-hydrogen) atoms. The van der Waals surface area contributed by atoms with Gasteiger partial charge in [0.15, 0.2) is 11.5 Å². The SMILES string of the molecule is COc1cc(NC2CCCC(C)C2C)cc(OC)c1OC. The number of anilines is 1. The zero-order valence-corrected chi connectivity index (χ0v) is 13.7. The molecule has 1 aliphatic rings. The molecule has 1 saturated carbocycles. The van der Waals surface area contributed by atoms with Gasteiger partial charge in [-0.15, -0.1) is 0 Å². The maximum Gasteiger partial charge on any atom is 0.203 e. The third kappa shape index (κ3) is 3.36. The summed E-state index contributed by atoms with van der Waals surface area (Å²) in [5.41, 5.74) is 1.02. The second-order valence-electron chi connectivity index (χ2n) is 5.93. The van der Waals surface area contributed by atoms with Crippen LogP contribution in [0.4, 0.5) is 5.69 Å². The molecule has 0 heterocycles. The van der Waals surface area contributed by atoms with Crippen molar-refractivity contribution >= 4 is 5.69 Å². The number of hydrogen-bond acceptors (Lipinski definition) is 4. The molecule has 0 aromatic heterocycles. The molecule has 1 aromatic carbocycles. The van der Waals surface area contributed by atoms with Crippen molar-refractivity contribution in [3.05, 3.63) is 12.1 Å². The minimum absolute atomic E-state index is 0.497. The van der Waals surface area contributed by atoms with Crippen molar-refractivity contribution in [2.24, 2.45) is 11.8 Å². The molecule has 4 heteroatoms. The molecule has 1 N–H and O–H groups in total. The largest absolute Gasteiger partial charge is 0.493 e. The van der Waals surface area contributed by atoms with Crippen molar-refractivity contribution in [2.45, 2.75) is 39.2 Å². The highest BCUT2D eigenvalue weighted by molar-refractivity contribution is 5.62. The van der Waals surface area contributed by atoms with Crippen molar-refractivity contribution in [1.82, 2.24) is 0 Å². The second kappa shape index (κ2) is 6.92. The van der Waals surface area contributed by atoms with E-state index >= 15 is 0 Å². The Morgan fingerprint density at radius 2 is 1.57 bits per heavy atom. The van der Waals surface area contributed by atoms with Crippen molar-refractivity contribution < 1.29 is 14.2 Å². The van der Waals surface area contributed by atoms with Crippen LogP contribution in [0.1, 0.15) is 33.1 Å². The Balaban J connectivity index is 2.23. The Morgan fingerprint density at radius 3 is 2.10 bits per heavy atom. The van der Waals surface area contributed by atoms with E-state index in [1.165, 1.54) is 19.3 Å². The van der Waals surface area contributed by atoms with Crippen LogP contribution in [-0.4, -0.2) is 27.4 Å². The maximum atomic E-state index is 5.41. The van der Waals surface area contributed by atoms with Crippen LogP contribution in [0, 0.1) is 11.8 Å². The van der Waals surface area contributed by atoms with Crippen LogP contribution < -0.4 is 19.5 Å². The molecule has 1 aromatic rings. The minimum atomic E-state index is 0.497. The molecule has 3 atom stereocenters. The van der Waals surface area contributed by atoms with Gasteiger partial charge in [0.2, 0.25) is 5.75 Å². The van der Waals surface area contributed by atoms with Crippen molar-refractivity contribution in [3.63, 3.8) is 0 Å². The summed E-state index contributed by atoms with van der Waals surface area (Å²) in [6.07, 6.45) is 3.82. The van der Waals surface area contributed by atoms with Crippen LogP contribution in [0.5, 0.6) is 17.2 Å². The normalized spacial score (nSPS) is 25.3. The summed E-state index contributed by atoms with van der Waals surface area (Å²) in [5, 5.41) is 3.65. The summed E-state index contributed by atoms with van der Waals surface area (Å²) in [6.45, 7) is 4.67. The van der Waals surface area contributed by atoms with Gasteiger partial charge in [-0.05, 0) is 18.3 Å². The molecule has 0 saturated heterocycles. The first-order valence-electron chi connectivity index (χ1n) is 7.67. The van der Waals surface area contributed by atoms with E-state index in [0.29, 0.717) is 29.2 Å². The molecule has 0 spiro atoms. The fourth-order valence-corrected chi connectivity index (χ4v) is 3.16. The third-order valence-corrected chi connectivity index (χ3v) is 4.72. The maximum absolute atomic E-state index is 5.41. The van der Waals surface area contributed by atoms with Gasteiger partial charge in [0, 0.05) is 23.9 Å². The van der Waals surface area contributed by atoms with Gasteiger partial charge in [-0.1, -0.05) is 26.7 Å². The average molecular weight is 293 g/mol. The number of rotatable bonds is 5. The predicted molar refractivity (Wildman–Crippen MR) is 85.7 cm³/mol. The number of methoxy groups -OCH3 is 3. The Hall–Kier alpha value is -1.58. The highest BCUT2D eigenvalue weighted by Gasteiger charge is 2.27. The van der Waals surface area contributed by atoms with E-state index in [1.807, 2.05) is 12.1 Å². The van der Waals surface area contributed by atoms with Crippen molar-refractivity contribution in [2.75, 3.05) is 26.6 Å². The lowest BCUT2D eigenvalue weighted by molar-refractivity contribution is 0.253. The summed E-state index contributed by atoms with van der Waals surface area (Å²) in [4.78, 5) is 0. The molecule has 0 radical (unpaired) electrons. The van der Waals surface area contributed by atoms with Crippen LogP contribution in [0.2, 0.25) is 0 Å². The third-order valence-electron chi connectivity index (χ3n) is 4.72. The molecular formula is C17H27NO3. The standard InChI is InChI=1S/C17H27NO3/c1-11-7-6-8-14(12(11)2)18-13-9-15(19-3)17(21-5)16(10-13)20-4/h9-12,14,18H,6-8H2,1-5H3. The number of hydrogen-bond donors (Lipinski definition) is 1. The van der Waals surface area contributed by atoms with Gasteiger partial charge >= 0.3 is 0 Å². The smallest absolute Gasteiger partial charge is 0.203 e. The van der Waals surface area contributed by atoms with Gasteiger partial charge in [0.1, 0.15) is 0 Å². The van der Waals surface area contributed by atoms with E-state index in [0.717, 1.165) is 11.6 Å². The Kier molecular flexibility index (Phi) is 5.21. The Bertz CT molecular complexity index is 450. The highest BCUT2D eigenvalue weighted by Crippen LogP contribution is 2.41. The first-order valence-corrected chi connectivity index (χ1v) is 7.67. The van der Waals surface area contributed by atoms with Crippen LogP contribution >= 0.6 is 0 Å². The monoisotopic (exact) mass is 293 g/mol. The molecule has 0 aliphatic heterocycles. The van der Waals surface area contributed by atoms with E-state index in [9.17, 15) is 0 Å². The van der Waals surface area contributed by atoms with Crippen LogP contribution in [0.25, 0.3) is 0 Å². The Morgan fingerprint density at radius 1 is 0.952 bits per heavy atom. The quantitative estimate of drug-likeness (QED) is 0.892. The van der Waals surface area contributed by atoms with Gasteiger partial charge in [-0.25, -0.2) is 0 Å². The van der Waals surface area contributed by atoms with E-state index in [4.69, 9.17) is 14.2 Å². The minimum Gasteiger partial charge on any atom is -0.493 e. The zero-order valence-electron chi connectivity index (χ0n) is 13.7. The van der Waals surface area contributed by atoms with Crippen molar-refractivity contribution in [1.29, 1.82) is 0 Å². The van der Waals surface area contributed by atoms with Crippen LogP contribution in [0.3, 0.4) is 0 Å². The lowest BCUT2D eigenvalue weighted by Gasteiger charge is -2.35. The number of nitrogens with one attached hydrogen (secondary N) is 1. The lowest BCUT2D eigenvalue weighted by Crippen LogP contribution is -2.35. The zero-order chi connectivity index (χ0) is 15.4. The molecule has 0 amide bonds. The molecule has 1 aliphatic carbocycles. The highest BCUT2D eigenvalue weighted by atomic mass is 16.5. The first-order chi connectivity index (χ1) is 10.1. The van der Waals surface area contributed by atoms with Crippen molar-refractivity contribution in [3.8, 4) is 17.2 Å². The molecule has 3 unspecified atom stereocenters. The van der Waals surface area contributed by atoms with E-state index < -0.39 is 0 Å². The molecule has 4 nitrogen and oxygen atoms in total. The van der Waals surface area contributed by atoms with Gasteiger partial charge in [-0.3, -0.25) is 0 Å². The summed E-state index contributed by atoms with van der Waals surface area (Å²) in [5.74, 6) is 3.44. The molecular weight excluding hydrogens is 266 g/mol. The van der Waals surface area contributed by atoms with Gasteiger partial charge < -0.3 is 19.5 Å². The number of benzene rings is 1. The lowest BCUT2D eigenvalue weighted by atomic mass is 9.78. The van der Waals surface area contributed by atoms with E-state index in [1.54, 1.807) is 21.3 Å². The number of ether oxygens (including phenoxy) is 3. The van der Waals surface area contributed by atoms with Crippen LogP contribution in [-0.2, 0) is 0 Å². The molecule has 2 rings (SSSR count). The van der Waals surface area contributed by atoms with Gasteiger partial charge in [-0.2, -0.15) is 0 Å². The second-order valence-corrected chi connectivity index (χ2v) is 5.93. The summed E-state index contributed by atoms with van der Waals surface area (Å²) in [6, 6.07) is 4.46. The summed E-state index contributed by atoms with van der Waals surface area (Å²) >= 11 is 0. The van der Waals surface area contributed by atoms with E-state index in [-0.39, 0.29) is 0 Å². The first kappa shape index (κ1) is 15.8. The molecule has 118 valence electrons. The van der Waals surface area contributed by atoms with E-state index in [2.05, 4.69) is 19.2 Å². The average Bonchev–Trinajstić information content (AvgIpc) is 2.50. The molecule has 1 fully saturated rings. The fraction of sp³-hybridized carbons (Fsp3) is 0.647. The van der Waals surface area contributed by atoms with Gasteiger partial charge in [0.25, 0.3) is 0 Å². The van der Waals surface area contributed by atoms with Crippen LogP contribution in [0.15, 0.2) is 12.1 Å².